The molecule has 4 unspecified atom stereocenters. The summed E-state index contributed by atoms with van der Waals surface area (Å²) in [5, 5.41) is 48.8. The molecule has 11 N–H and O–H groups in total. The van der Waals surface area contributed by atoms with Crippen molar-refractivity contribution in [2.75, 3.05) is 62.2 Å². The van der Waals surface area contributed by atoms with Crippen molar-refractivity contribution in [1.82, 2.24) is 42.5 Å². The van der Waals surface area contributed by atoms with Crippen LogP contribution in [0.15, 0.2) is 154 Å². The molecule has 3 aliphatic rings. The summed E-state index contributed by atoms with van der Waals surface area (Å²) < 4.78 is 75.5. The molecule has 0 radical (unpaired) electrons. The van der Waals surface area contributed by atoms with Crippen LogP contribution in [0.3, 0.4) is 0 Å². The van der Waals surface area contributed by atoms with E-state index in [0.29, 0.717) is 44.3 Å². The molecule has 4 atom stereocenters. The van der Waals surface area contributed by atoms with Crippen LogP contribution < -0.4 is 47.4 Å². The highest BCUT2D eigenvalue weighted by Gasteiger charge is 2.49. The summed E-state index contributed by atoms with van der Waals surface area (Å²) in [6.07, 6.45) is 12.5. The maximum absolute atomic E-state index is 13.7. The summed E-state index contributed by atoms with van der Waals surface area (Å²) >= 11 is 1.61. The Labute approximate surface area is 715 Å². The van der Waals surface area contributed by atoms with Crippen LogP contribution in [0.4, 0.5) is 16.2 Å². The second kappa shape index (κ2) is 44.7. The minimum Gasteiger partial charge on any atom is -0.748 e. The van der Waals surface area contributed by atoms with Crippen LogP contribution in [-0.2, 0) is 80.6 Å². The van der Waals surface area contributed by atoms with Gasteiger partial charge in [-0.15, -0.1) is 0 Å². The van der Waals surface area contributed by atoms with E-state index in [4.69, 9.17) is 4.74 Å². The molecule has 0 aromatic heterocycles. The lowest BCUT2D eigenvalue weighted by Gasteiger charge is -2.38. The van der Waals surface area contributed by atoms with E-state index in [-0.39, 0.29) is 67.5 Å². The molecule has 121 heavy (non-hydrogen) atoms. The Hall–Kier alpha value is -10.1. The Morgan fingerprint density at radius 2 is 1.18 bits per heavy atom. The fourth-order valence-electron chi connectivity index (χ4n) is 14.1. The lowest BCUT2D eigenvalue weighted by molar-refractivity contribution is -0.438. The van der Waals surface area contributed by atoms with Crippen LogP contribution in [0.5, 0.6) is 0 Å². The van der Waals surface area contributed by atoms with Crippen LogP contribution in [0.2, 0.25) is 0 Å². The average Bonchev–Trinajstić information content (AvgIpc) is 1.60. The van der Waals surface area contributed by atoms with Crippen molar-refractivity contribution in [2.24, 2.45) is 16.7 Å². The summed E-state index contributed by atoms with van der Waals surface area (Å²) in [4.78, 5) is 131. The molecule has 0 spiro atoms. The Balaban J connectivity index is 0.000000376. The molecule has 0 bridgehead atoms. The van der Waals surface area contributed by atoms with Crippen molar-refractivity contribution in [3.63, 3.8) is 0 Å². The molecule has 33 heteroatoms. The number of nitrogens with zero attached hydrogens (tertiary/aromatic N) is 2. The first kappa shape index (κ1) is 99.8. The number of hydrogen-bond donors (Lipinski definition) is 11. The number of amides is 8. The minimum atomic E-state index is -4.30. The summed E-state index contributed by atoms with van der Waals surface area (Å²) in [6, 6.07) is 28.4. The predicted molar refractivity (Wildman–Crippen MR) is 462 cm³/mol. The number of carboxylic acids is 2. The molecule has 4 aromatic carbocycles. The summed E-state index contributed by atoms with van der Waals surface area (Å²) in [6.45, 7) is 24.9. The zero-order valence-electron chi connectivity index (χ0n) is 71.8. The molecule has 4 aromatic rings. The highest BCUT2D eigenvalue weighted by Crippen LogP contribution is 2.49. The molecule has 0 saturated heterocycles. The number of thioether (sulfide) groups is 1. The van der Waals surface area contributed by atoms with Crippen LogP contribution in [0, 0.1) is 16.7 Å². The number of allylic oxidation sites excluding steroid dienone is 7. The third kappa shape index (κ3) is 30.8. The molecule has 1 aliphatic carbocycles. The normalized spacial score (nSPS) is 16.2. The van der Waals surface area contributed by atoms with E-state index in [0.717, 1.165) is 63.0 Å². The number of carboxylic acid groups (broad SMARTS) is 2. The second-order valence-electron chi connectivity index (χ2n) is 34.0. The Morgan fingerprint density at radius 1 is 0.603 bits per heavy atom. The number of aliphatic hydroxyl groups excluding tert-OH is 1. The highest BCUT2D eigenvalue weighted by atomic mass is 32.2. The van der Waals surface area contributed by atoms with Gasteiger partial charge in [0, 0.05) is 88.3 Å². The van der Waals surface area contributed by atoms with Crippen molar-refractivity contribution in [2.45, 2.75) is 220 Å². The first-order valence-corrected chi connectivity index (χ1v) is 44.7. The van der Waals surface area contributed by atoms with Gasteiger partial charge in [-0.3, -0.25) is 33.6 Å². The van der Waals surface area contributed by atoms with Crippen LogP contribution >= 0.6 is 11.8 Å². The van der Waals surface area contributed by atoms with Gasteiger partial charge >= 0.3 is 18.0 Å². The molecule has 7 rings (SSSR count). The predicted octanol–water partition coefficient (Wildman–Crippen LogP) is 9.21. The van der Waals surface area contributed by atoms with Gasteiger partial charge in [0.05, 0.1) is 67.8 Å². The third-order valence-electron chi connectivity index (χ3n) is 21.4. The summed E-state index contributed by atoms with van der Waals surface area (Å²) in [5.74, 6) is -7.97. The maximum Gasteiger partial charge on any atom is 0.407 e. The molecule has 0 saturated carbocycles. The van der Waals surface area contributed by atoms with Crippen molar-refractivity contribution in [1.29, 1.82) is 0 Å². The molecule has 2 aliphatic heterocycles. The van der Waals surface area contributed by atoms with E-state index < -0.39 is 151 Å². The van der Waals surface area contributed by atoms with Crippen LogP contribution in [0.25, 0.3) is 0 Å². The largest absolute Gasteiger partial charge is 0.748 e. The fourth-order valence-corrected chi connectivity index (χ4v) is 16.3. The number of aliphatic carboxylic acids is 1. The standard InChI is InChI=1S/C45H52N2O8S3.C43H70N8O12/c1-44(2)36-16-5-7-18-38(36)46(28-9-11-30-57(50,51)52)40(44)26-22-32-14-13-15-33(42(32)56-35-24-20-34(21-25-35)43(48)49)23-27-41-45(3,4)37-17-6-8-19-39(37)47(41)29-10-12-31-58(53,54)55;1-26(2)20-30(35(56)46-25-34(55)49-29(37(58)59)18-14-15-19-44-40(62)63-41(4,5)6)51-36(57)31(21-28-16-12-11-13-17-28)50-33(54)24-45-32(53)23-48-39(61)43(9,10)42(7,8)38(60)47-22-27(3)52/h5-8,16-27H,9-15,28-31H2,1-4H3,(H2-,48,49,50,51,52,53,54,55);11-13,16-17,26-27,29-31,52H,14-15,18-25H2,1-10H3,(H,44,62)(H,45,53)(H,46,56)(H,47,60)(H,48,61)(H,49,55)(H,50,54)(H,51,57)(H,58,59)/p-1. The SMILES string of the molecule is CC(C)CC(NC(=O)C(Cc1ccccc1)NC(=O)CNC(=O)CNC(=O)C(C)(C)C(C)(C)C(=O)NCC(C)O)C(=O)NCC(=O)NC(CCCCNC(=O)OC(C)(C)C)C(=O)O.CC1(C)C(/C=C/C2=C(Sc3ccc(C(=O)O)cc3)C(=C/C=C3\N(CCCCS(=O)(=O)[O-])c4ccccc4C3(C)C)/CCC2)=[N+](CCCCS(=O)(=O)[O-])c2ccccc21. The Bertz CT molecular complexity index is 4760. The first-order valence-electron chi connectivity index (χ1n) is 40.8. The number of unbranched alkanes of at least 4 members (excludes halogenated alkanes) is 3. The van der Waals surface area contributed by atoms with Gasteiger partial charge in [-0.05, 0) is 170 Å². The monoisotopic (exact) mass is 1730 g/mol. The fraction of sp³-hybridized carbons (Fsp3) is 0.511. The number of hydrogen-bond acceptors (Lipinski definition) is 20. The molecule has 2 heterocycles. The van der Waals surface area contributed by atoms with E-state index in [2.05, 4.69) is 128 Å². The zero-order valence-corrected chi connectivity index (χ0v) is 74.2. The molecular weight excluding hydrogens is 1610 g/mol. The number of carbonyl (C=O) groups excluding carboxylic acids is 8. The van der Waals surface area contributed by atoms with E-state index >= 15 is 0 Å². The number of aromatic carboxylic acids is 1. The van der Waals surface area contributed by atoms with Gasteiger partial charge in [0.25, 0.3) is 0 Å². The third-order valence-corrected chi connectivity index (χ3v) is 24.2. The van der Waals surface area contributed by atoms with E-state index in [1.807, 2.05) is 50.2 Å². The molecule has 0 fully saturated rings. The smallest absolute Gasteiger partial charge is 0.407 e. The minimum absolute atomic E-state index is 0.00411. The number of aliphatic hydroxyl groups is 1. The maximum atomic E-state index is 13.7. The van der Waals surface area contributed by atoms with Crippen molar-refractivity contribution in [3.05, 3.63) is 171 Å². The molecule has 30 nitrogen and oxygen atoms in total. The topological polar surface area (TPSA) is 458 Å². The first-order chi connectivity index (χ1) is 56.5. The van der Waals surface area contributed by atoms with E-state index in [1.54, 1.807) is 88.8 Å². The number of para-hydroxylation sites is 2. The number of nitrogens with one attached hydrogen (secondary N) is 8. The lowest BCUT2D eigenvalue weighted by Crippen LogP contribution is -2.57. The van der Waals surface area contributed by atoms with E-state index in [9.17, 15) is 89.2 Å². The van der Waals surface area contributed by atoms with E-state index in [1.165, 1.54) is 31.9 Å². The highest BCUT2D eigenvalue weighted by molar-refractivity contribution is 8.03. The number of benzene rings is 4. The number of anilines is 1. The van der Waals surface area contributed by atoms with Crippen LogP contribution in [-0.4, -0.2) is 198 Å². The van der Waals surface area contributed by atoms with Gasteiger partial charge < -0.3 is 76.6 Å². The number of rotatable bonds is 42. The van der Waals surface area contributed by atoms with Gasteiger partial charge in [0.2, 0.25) is 47.0 Å². The molecular formula is C88H121N10O20S3-. The van der Waals surface area contributed by atoms with Gasteiger partial charge in [-0.1, -0.05) is 146 Å². The molecule has 8 amide bonds. The quantitative estimate of drug-likeness (QED) is 0.0112. The zero-order chi connectivity index (χ0) is 90.0. The Kier molecular flexibility index (Phi) is 36.8. The number of ether oxygens (including phenoxy) is 1. The number of fused-ring (bicyclic) bond motifs is 2. The summed E-state index contributed by atoms with van der Waals surface area (Å²) in [5.41, 5.74) is 5.89. The number of carbonyl (C=O) groups is 10. The van der Waals surface area contributed by atoms with Crippen LogP contribution in [0.1, 0.15) is 195 Å². The van der Waals surface area contributed by atoms with Crippen molar-refractivity contribution in [3.8, 4) is 0 Å². The second-order valence-corrected chi connectivity index (χ2v) is 38.1. The lowest BCUT2D eigenvalue weighted by atomic mass is 9.66. The summed E-state index contributed by atoms with van der Waals surface area (Å²) in [7, 11) is -8.60. The number of alkyl carbamates (subject to hydrolysis) is 1. The van der Waals surface area contributed by atoms with Gasteiger partial charge in [-0.2, -0.15) is 4.58 Å². The van der Waals surface area contributed by atoms with Gasteiger partial charge in [-0.25, -0.2) is 31.2 Å². The van der Waals surface area contributed by atoms with Gasteiger partial charge in [0.1, 0.15) is 30.3 Å². The van der Waals surface area contributed by atoms with Gasteiger partial charge in [0.15, 0.2) is 5.71 Å². The van der Waals surface area contributed by atoms with Crippen molar-refractivity contribution >= 4 is 108 Å². The average molecular weight is 1740 g/mol. The molecule has 662 valence electrons. The Morgan fingerprint density at radius 3 is 1.79 bits per heavy atom. The van der Waals surface area contributed by atoms with Crippen molar-refractivity contribution < 1.29 is 98.5 Å².